The Morgan fingerprint density at radius 1 is 1.09 bits per heavy atom. The van der Waals surface area contributed by atoms with Crippen molar-refractivity contribution in [2.45, 2.75) is 56.6 Å². The van der Waals surface area contributed by atoms with Crippen molar-refractivity contribution in [3.05, 3.63) is 68.2 Å². The largest absolute Gasteiger partial charge is 0.435 e. The Kier molecular flexibility index (Phi) is 6.79. The molecule has 4 nitrogen and oxygen atoms in total. The highest BCUT2D eigenvalue weighted by atomic mass is 35.5. The fourth-order valence-electron chi connectivity index (χ4n) is 4.35. The van der Waals surface area contributed by atoms with Crippen LogP contribution >= 0.6 is 34.8 Å². The molecule has 11 heteroatoms. The fourth-order valence-corrected chi connectivity index (χ4v) is 4.95. The van der Waals surface area contributed by atoms with E-state index in [1.807, 2.05) is 13.8 Å². The lowest BCUT2D eigenvalue weighted by Crippen LogP contribution is -2.47. The van der Waals surface area contributed by atoms with Gasteiger partial charge in [0, 0.05) is 23.9 Å². The first kappa shape index (κ1) is 26.0. The predicted octanol–water partition coefficient (Wildman–Crippen LogP) is 7.33. The molecule has 1 saturated carbocycles. The van der Waals surface area contributed by atoms with E-state index in [1.165, 1.54) is 24.3 Å². The van der Waals surface area contributed by atoms with Crippen LogP contribution in [0.25, 0.3) is 0 Å². The van der Waals surface area contributed by atoms with Crippen molar-refractivity contribution in [2.24, 2.45) is 11.1 Å². The molecule has 1 heterocycles. The summed E-state index contributed by atoms with van der Waals surface area (Å²) < 4.78 is 57.9. The Balaban J connectivity index is 1.53. The van der Waals surface area contributed by atoms with Crippen LogP contribution in [0.1, 0.15) is 49.8 Å². The molecule has 1 aliphatic heterocycles. The van der Waals surface area contributed by atoms with Crippen molar-refractivity contribution < 1.29 is 27.2 Å². The Bertz CT molecular complexity index is 1160. The summed E-state index contributed by atoms with van der Waals surface area (Å²) in [6.07, 6.45) is -5.39. The summed E-state index contributed by atoms with van der Waals surface area (Å²) in [7, 11) is 0. The minimum Gasteiger partial charge on any atom is -0.374 e. The molecule has 188 valence electrons. The van der Waals surface area contributed by atoms with E-state index in [0.29, 0.717) is 11.1 Å². The molecule has 1 amide bonds. The van der Waals surface area contributed by atoms with Crippen molar-refractivity contribution in [3.8, 4) is 0 Å². The van der Waals surface area contributed by atoms with Gasteiger partial charge < -0.3 is 10.2 Å². The van der Waals surface area contributed by atoms with Crippen molar-refractivity contribution in [1.82, 2.24) is 5.32 Å². The van der Waals surface area contributed by atoms with Gasteiger partial charge >= 0.3 is 6.18 Å². The van der Waals surface area contributed by atoms with E-state index in [4.69, 9.17) is 39.6 Å². The minimum absolute atomic E-state index is 0.0328. The average molecular weight is 552 g/mol. The Labute approximate surface area is 214 Å². The lowest BCUT2D eigenvalue weighted by atomic mass is 9.68. The Morgan fingerprint density at radius 3 is 2.17 bits per heavy atom. The Morgan fingerprint density at radius 2 is 1.66 bits per heavy atom. The molecule has 2 aromatic carbocycles. The zero-order valence-corrected chi connectivity index (χ0v) is 20.9. The summed E-state index contributed by atoms with van der Waals surface area (Å²) in [5.41, 5.74) is -4.06. The maximum atomic E-state index is 15.3. The molecule has 0 saturated heterocycles. The van der Waals surface area contributed by atoms with Crippen LogP contribution in [0.4, 0.5) is 17.6 Å². The molecule has 0 bridgehead atoms. The summed E-state index contributed by atoms with van der Waals surface area (Å²) in [5.74, 6) is -0.603. The van der Waals surface area contributed by atoms with Crippen molar-refractivity contribution in [2.75, 3.05) is 0 Å². The minimum atomic E-state index is -4.85. The van der Waals surface area contributed by atoms with Crippen LogP contribution in [0, 0.1) is 5.92 Å². The first-order valence-electron chi connectivity index (χ1n) is 10.8. The van der Waals surface area contributed by atoms with Crippen molar-refractivity contribution >= 4 is 46.4 Å². The van der Waals surface area contributed by atoms with E-state index < -0.39 is 29.8 Å². The average Bonchev–Trinajstić information content (AvgIpc) is 3.21. The number of carbonyl (C=O) groups is 1. The van der Waals surface area contributed by atoms with E-state index in [2.05, 4.69) is 10.5 Å². The van der Waals surface area contributed by atoms with Crippen LogP contribution in [0.15, 0.2) is 41.6 Å². The molecule has 0 radical (unpaired) electrons. The van der Waals surface area contributed by atoms with Gasteiger partial charge in [-0.25, -0.2) is 4.39 Å². The summed E-state index contributed by atoms with van der Waals surface area (Å²) in [6.45, 7) is 3.66. The third kappa shape index (κ3) is 4.72. The number of alkyl halides is 4. The van der Waals surface area contributed by atoms with Crippen LogP contribution in [-0.4, -0.2) is 23.8 Å². The van der Waals surface area contributed by atoms with Crippen molar-refractivity contribution in [1.29, 1.82) is 0 Å². The molecular weight excluding hydrogens is 531 g/mol. The highest BCUT2D eigenvalue weighted by molar-refractivity contribution is 6.48. The monoisotopic (exact) mass is 550 g/mol. The molecule has 1 aliphatic carbocycles. The third-order valence-corrected chi connectivity index (χ3v) is 7.51. The van der Waals surface area contributed by atoms with E-state index in [-0.39, 0.29) is 51.1 Å². The molecule has 0 spiro atoms. The molecule has 35 heavy (non-hydrogen) atoms. The van der Waals surface area contributed by atoms with E-state index in [1.54, 1.807) is 0 Å². The molecular formula is C24H21Cl3F4N2O2. The SMILES string of the molecule is CC(C)NC(=O)C1CC(F)(c2ccc(C3=NOC(c4cc(Cl)c(Cl)c(Cl)c4)(C(F)(F)F)C3)cc2)C1. The van der Waals surface area contributed by atoms with Crippen LogP contribution in [0.3, 0.4) is 0 Å². The number of hydrogen-bond donors (Lipinski definition) is 1. The van der Waals surface area contributed by atoms with Crippen LogP contribution < -0.4 is 5.32 Å². The molecule has 4 rings (SSSR count). The molecule has 1 atom stereocenters. The van der Waals surface area contributed by atoms with Gasteiger partial charge in [0.15, 0.2) is 0 Å². The number of benzene rings is 2. The number of hydrogen-bond acceptors (Lipinski definition) is 3. The number of nitrogens with one attached hydrogen (secondary N) is 1. The maximum absolute atomic E-state index is 15.3. The number of amides is 1. The normalized spacial score (nSPS) is 26.2. The van der Waals surface area contributed by atoms with Gasteiger partial charge in [-0.1, -0.05) is 64.2 Å². The second kappa shape index (κ2) is 9.12. The smallest absolute Gasteiger partial charge is 0.374 e. The van der Waals surface area contributed by atoms with E-state index >= 15 is 4.39 Å². The molecule has 0 aromatic heterocycles. The Hall–Kier alpha value is -2.03. The second-order valence-corrected chi connectivity index (χ2v) is 10.4. The second-order valence-electron chi connectivity index (χ2n) is 9.20. The van der Waals surface area contributed by atoms with Gasteiger partial charge in [0.05, 0.1) is 20.8 Å². The zero-order chi connectivity index (χ0) is 25.8. The van der Waals surface area contributed by atoms with E-state index in [0.717, 1.165) is 12.1 Å². The molecule has 1 unspecified atom stereocenters. The first-order chi connectivity index (χ1) is 16.3. The first-order valence-corrected chi connectivity index (χ1v) is 12.0. The lowest BCUT2D eigenvalue weighted by molar-refractivity contribution is -0.275. The van der Waals surface area contributed by atoms with E-state index in [9.17, 15) is 18.0 Å². The van der Waals surface area contributed by atoms with Gasteiger partial charge in [0.1, 0.15) is 5.67 Å². The summed E-state index contributed by atoms with van der Waals surface area (Å²) in [5, 5.41) is 6.12. The van der Waals surface area contributed by atoms with Crippen LogP contribution in [0.5, 0.6) is 0 Å². The lowest BCUT2D eigenvalue weighted by Gasteiger charge is -2.41. The number of carbonyl (C=O) groups excluding carboxylic acids is 1. The fraction of sp³-hybridized carbons (Fsp3) is 0.417. The summed E-state index contributed by atoms with van der Waals surface area (Å²) >= 11 is 17.8. The zero-order valence-electron chi connectivity index (χ0n) is 18.6. The summed E-state index contributed by atoms with van der Waals surface area (Å²) in [6, 6.07) is 8.06. The topological polar surface area (TPSA) is 50.7 Å². The summed E-state index contributed by atoms with van der Waals surface area (Å²) in [4.78, 5) is 17.1. The highest BCUT2D eigenvalue weighted by Crippen LogP contribution is 2.51. The van der Waals surface area contributed by atoms with Crippen LogP contribution in [0.2, 0.25) is 15.1 Å². The number of oxime groups is 1. The maximum Gasteiger partial charge on any atom is 0.435 e. The predicted molar refractivity (Wildman–Crippen MR) is 127 cm³/mol. The van der Waals surface area contributed by atoms with Crippen LogP contribution in [-0.2, 0) is 20.9 Å². The number of nitrogens with zero attached hydrogens (tertiary/aromatic N) is 1. The molecule has 1 fully saturated rings. The third-order valence-electron chi connectivity index (χ3n) is 6.31. The van der Waals surface area contributed by atoms with Crippen molar-refractivity contribution in [3.63, 3.8) is 0 Å². The van der Waals surface area contributed by atoms with Gasteiger partial charge in [-0.2, -0.15) is 13.2 Å². The highest BCUT2D eigenvalue weighted by Gasteiger charge is 2.62. The molecule has 2 aliphatic rings. The van der Waals surface area contributed by atoms with Gasteiger partial charge in [0.25, 0.3) is 5.60 Å². The number of rotatable bonds is 5. The van der Waals surface area contributed by atoms with Gasteiger partial charge in [-0.3, -0.25) is 4.79 Å². The van der Waals surface area contributed by atoms with Gasteiger partial charge in [-0.05, 0) is 49.9 Å². The molecule has 1 N–H and O–H groups in total. The van der Waals surface area contributed by atoms with Gasteiger partial charge in [-0.15, -0.1) is 0 Å². The molecule has 2 aromatic rings. The standard InChI is InChI=1S/C24H21Cl3F4N2O2/c1-12(2)32-21(34)14-9-22(28,10-14)15-5-3-13(4-6-15)19-11-23(35-33-19,24(29,30)31)16-7-17(25)20(27)18(26)8-16/h3-8,12,14H,9-11H2,1-2H3,(H,32,34). The van der Waals surface area contributed by atoms with Gasteiger partial charge in [0.2, 0.25) is 5.91 Å². The number of halogens is 7. The quantitative estimate of drug-likeness (QED) is 0.312.